The first-order valence-corrected chi connectivity index (χ1v) is 5.40. The average molecular weight is 226 g/mol. The predicted octanol–water partition coefficient (Wildman–Crippen LogP) is 2.31. The summed E-state index contributed by atoms with van der Waals surface area (Å²) < 4.78 is 0. The fourth-order valence-electron chi connectivity index (χ4n) is 1.79. The zero-order valence-electron chi connectivity index (χ0n) is 9.39. The molecule has 3 heteroatoms. The quantitative estimate of drug-likeness (QED) is 0.788. The van der Waals surface area contributed by atoms with E-state index < -0.39 is 0 Å². The smallest absolute Gasteiger partial charge is 0.221 e. The average Bonchev–Trinajstić information content (AvgIpc) is 2.32. The highest BCUT2D eigenvalue weighted by Crippen LogP contribution is 2.25. The van der Waals surface area contributed by atoms with Gasteiger partial charge in [-0.2, -0.15) is 0 Å². The highest BCUT2D eigenvalue weighted by molar-refractivity contribution is 5.98. The van der Waals surface area contributed by atoms with Gasteiger partial charge in [-0.25, -0.2) is 0 Å². The van der Waals surface area contributed by atoms with Crippen molar-refractivity contribution < 1.29 is 4.79 Å². The minimum absolute atomic E-state index is 0.249. The minimum atomic E-state index is -0.332. The minimum Gasteiger partial charge on any atom is -0.398 e. The van der Waals surface area contributed by atoms with E-state index in [1.165, 1.54) is 0 Å². The van der Waals surface area contributed by atoms with Crippen LogP contribution in [0.1, 0.15) is 12.0 Å². The fraction of sp³-hybridized carbons (Fsp3) is 0.0714. The van der Waals surface area contributed by atoms with Crippen LogP contribution in [-0.4, -0.2) is 5.91 Å². The van der Waals surface area contributed by atoms with Crippen molar-refractivity contribution in [2.75, 3.05) is 5.73 Å². The molecule has 1 amide bonds. The lowest BCUT2D eigenvalue weighted by atomic mass is 10.0. The van der Waals surface area contributed by atoms with Gasteiger partial charge in [0, 0.05) is 17.5 Å². The van der Waals surface area contributed by atoms with E-state index in [0.29, 0.717) is 0 Å². The summed E-state index contributed by atoms with van der Waals surface area (Å²) in [6.45, 7) is 0. The number of primary amides is 1. The van der Waals surface area contributed by atoms with Gasteiger partial charge < -0.3 is 11.5 Å². The number of amides is 1. The highest BCUT2D eigenvalue weighted by atomic mass is 16.1. The Hall–Kier alpha value is -2.29. The molecular formula is C14H14N2O. The van der Waals surface area contributed by atoms with Gasteiger partial charge in [-0.1, -0.05) is 42.5 Å². The Bertz CT molecular complexity index is 588. The number of nitrogens with two attached hydrogens (primary N) is 2. The van der Waals surface area contributed by atoms with Crippen molar-refractivity contribution in [1.29, 1.82) is 0 Å². The molecule has 0 aliphatic carbocycles. The number of fused-ring (bicyclic) bond motifs is 1. The van der Waals surface area contributed by atoms with Crippen LogP contribution in [0, 0.1) is 0 Å². The molecule has 0 aromatic heterocycles. The molecule has 0 spiro atoms. The monoisotopic (exact) mass is 226 g/mol. The van der Waals surface area contributed by atoms with Crippen LogP contribution in [0.15, 0.2) is 42.5 Å². The molecule has 0 radical (unpaired) electrons. The van der Waals surface area contributed by atoms with Gasteiger partial charge in [0.2, 0.25) is 5.91 Å². The molecule has 0 unspecified atom stereocenters. The van der Waals surface area contributed by atoms with E-state index in [1.54, 1.807) is 6.08 Å². The first-order chi connectivity index (χ1) is 8.18. The molecule has 2 aromatic rings. The summed E-state index contributed by atoms with van der Waals surface area (Å²) in [6.07, 6.45) is 3.91. The van der Waals surface area contributed by atoms with Crippen molar-refractivity contribution in [3.05, 3.63) is 48.0 Å². The Kier molecular flexibility index (Phi) is 3.10. The third-order valence-electron chi connectivity index (χ3n) is 2.61. The van der Waals surface area contributed by atoms with E-state index in [9.17, 15) is 4.79 Å². The van der Waals surface area contributed by atoms with Crippen molar-refractivity contribution in [3.8, 4) is 0 Å². The van der Waals surface area contributed by atoms with Crippen LogP contribution in [0.25, 0.3) is 16.8 Å². The van der Waals surface area contributed by atoms with Gasteiger partial charge in [0.25, 0.3) is 0 Å². The number of hydrogen-bond acceptors (Lipinski definition) is 2. The summed E-state index contributed by atoms with van der Waals surface area (Å²) in [6, 6.07) is 11.7. The van der Waals surface area contributed by atoms with Gasteiger partial charge in [-0.05, 0) is 17.0 Å². The lowest BCUT2D eigenvalue weighted by Crippen LogP contribution is -2.07. The van der Waals surface area contributed by atoms with Crippen LogP contribution in [0.3, 0.4) is 0 Å². The molecule has 3 nitrogen and oxygen atoms in total. The lowest BCUT2D eigenvalue weighted by Gasteiger charge is -2.05. The van der Waals surface area contributed by atoms with E-state index in [4.69, 9.17) is 11.5 Å². The molecule has 0 fully saturated rings. The van der Waals surface area contributed by atoms with Crippen molar-refractivity contribution in [2.24, 2.45) is 5.73 Å². The van der Waals surface area contributed by atoms with Gasteiger partial charge in [0.1, 0.15) is 0 Å². The number of rotatable bonds is 3. The van der Waals surface area contributed by atoms with Crippen LogP contribution in [-0.2, 0) is 4.79 Å². The first-order valence-electron chi connectivity index (χ1n) is 5.40. The molecule has 0 saturated carbocycles. The predicted molar refractivity (Wildman–Crippen MR) is 71.2 cm³/mol. The SMILES string of the molecule is NC(=O)CC=Cc1ccc(N)c2ccccc12. The van der Waals surface area contributed by atoms with Crippen molar-refractivity contribution in [1.82, 2.24) is 0 Å². The number of benzene rings is 2. The number of carbonyl (C=O) groups is 1. The summed E-state index contributed by atoms with van der Waals surface area (Å²) in [5.74, 6) is -0.332. The van der Waals surface area contributed by atoms with E-state index in [2.05, 4.69) is 0 Å². The second kappa shape index (κ2) is 4.70. The van der Waals surface area contributed by atoms with Crippen LogP contribution in [0.5, 0.6) is 0 Å². The maximum absolute atomic E-state index is 10.7. The third kappa shape index (κ3) is 2.45. The summed E-state index contributed by atoms with van der Waals surface area (Å²) >= 11 is 0. The Labute approximate surface area is 99.7 Å². The fourth-order valence-corrected chi connectivity index (χ4v) is 1.79. The van der Waals surface area contributed by atoms with Gasteiger partial charge in [0.05, 0.1) is 0 Å². The van der Waals surface area contributed by atoms with E-state index in [1.807, 2.05) is 42.5 Å². The summed E-state index contributed by atoms with van der Waals surface area (Å²) in [5.41, 5.74) is 12.8. The van der Waals surface area contributed by atoms with Crippen molar-refractivity contribution in [2.45, 2.75) is 6.42 Å². The van der Waals surface area contributed by atoms with Crippen LogP contribution < -0.4 is 11.5 Å². The van der Waals surface area contributed by atoms with E-state index >= 15 is 0 Å². The Morgan fingerprint density at radius 2 is 1.82 bits per heavy atom. The van der Waals surface area contributed by atoms with Crippen LogP contribution in [0.4, 0.5) is 5.69 Å². The third-order valence-corrected chi connectivity index (χ3v) is 2.61. The zero-order chi connectivity index (χ0) is 12.3. The van der Waals surface area contributed by atoms with Gasteiger partial charge in [-0.15, -0.1) is 0 Å². The molecule has 0 atom stereocenters. The lowest BCUT2D eigenvalue weighted by molar-refractivity contribution is -0.117. The second-order valence-electron chi connectivity index (χ2n) is 3.86. The van der Waals surface area contributed by atoms with Gasteiger partial charge in [-0.3, -0.25) is 4.79 Å². The zero-order valence-corrected chi connectivity index (χ0v) is 9.39. The molecule has 4 N–H and O–H groups in total. The number of carbonyl (C=O) groups excluding carboxylic acids is 1. The molecule has 2 rings (SSSR count). The van der Waals surface area contributed by atoms with E-state index in [0.717, 1.165) is 22.0 Å². The summed E-state index contributed by atoms with van der Waals surface area (Å²) in [4.78, 5) is 10.7. The molecule has 17 heavy (non-hydrogen) atoms. The standard InChI is InChI=1S/C14H14N2O/c15-13-9-8-10(4-3-7-14(16)17)11-5-1-2-6-12(11)13/h1-6,8-9H,7,15H2,(H2,16,17). The Morgan fingerprint density at radius 3 is 2.53 bits per heavy atom. The topological polar surface area (TPSA) is 69.1 Å². The number of hydrogen-bond donors (Lipinski definition) is 2. The van der Waals surface area contributed by atoms with Crippen LogP contribution >= 0.6 is 0 Å². The maximum Gasteiger partial charge on any atom is 0.221 e. The van der Waals surface area contributed by atoms with Gasteiger partial charge in [0.15, 0.2) is 0 Å². The Morgan fingerprint density at radius 1 is 1.12 bits per heavy atom. The Balaban J connectivity index is 2.45. The van der Waals surface area contributed by atoms with Crippen molar-refractivity contribution >= 4 is 28.4 Å². The molecular weight excluding hydrogens is 212 g/mol. The largest absolute Gasteiger partial charge is 0.398 e. The second-order valence-corrected chi connectivity index (χ2v) is 3.86. The van der Waals surface area contributed by atoms with Gasteiger partial charge >= 0.3 is 0 Å². The molecule has 0 heterocycles. The summed E-state index contributed by atoms with van der Waals surface area (Å²) in [5, 5.41) is 2.10. The molecule has 2 aromatic carbocycles. The number of nitrogen functional groups attached to an aromatic ring is 1. The highest BCUT2D eigenvalue weighted by Gasteiger charge is 2.00. The summed E-state index contributed by atoms with van der Waals surface area (Å²) in [7, 11) is 0. The molecule has 0 bridgehead atoms. The van der Waals surface area contributed by atoms with Crippen molar-refractivity contribution in [3.63, 3.8) is 0 Å². The molecule has 0 aliphatic heterocycles. The molecule has 0 saturated heterocycles. The normalized spacial score (nSPS) is 11.1. The maximum atomic E-state index is 10.7. The number of anilines is 1. The van der Waals surface area contributed by atoms with Crippen LogP contribution in [0.2, 0.25) is 0 Å². The first kappa shape index (κ1) is 11.2. The molecule has 86 valence electrons. The molecule has 0 aliphatic rings. The van der Waals surface area contributed by atoms with E-state index in [-0.39, 0.29) is 12.3 Å².